The molecule has 1 aliphatic carbocycles. The van der Waals surface area contributed by atoms with E-state index in [4.69, 9.17) is 5.11 Å². The molecule has 2 aromatic rings. The lowest BCUT2D eigenvalue weighted by Crippen LogP contribution is -2.40. The van der Waals surface area contributed by atoms with Crippen LogP contribution in [0.5, 0.6) is 0 Å². The van der Waals surface area contributed by atoms with Gasteiger partial charge in [-0.05, 0) is 43.7 Å². The number of carbonyl (C=O) groups is 2. The van der Waals surface area contributed by atoms with Crippen LogP contribution in [0.2, 0.25) is 0 Å². The van der Waals surface area contributed by atoms with Gasteiger partial charge in [0.2, 0.25) is 5.91 Å². The van der Waals surface area contributed by atoms with Crippen molar-refractivity contribution in [1.29, 1.82) is 0 Å². The molecule has 1 unspecified atom stereocenters. The van der Waals surface area contributed by atoms with E-state index in [1.54, 1.807) is 4.68 Å². The van der Waals surface area contributed by atoms with E-state index < -0.39 is 5.97 Å². The zero-order valence-corrected chi connectivity index (χ0v) is 14.8. The van der Waals surface area contributed by atoms with Gasteiger partial charge in [0.15, 0.2) is 0 Å². The quantitative estimate of drug-likeness (QED) is 0.905. The topological polar surface area (TPSA) is 88.3 Å². The Morgan fingerprint density at radius 3 is 2.54 bits per heavy atom. The minimum absolute atomic E-state index is 0.0376. The summed E-state index contributed by atoms with van der Waals surface area (Å²) in [5.74, 6) is -0.874. The number of carboxylic acid groups (broad SMARTS) is 1. The third-order valence-electron chi connectivity index (χ3n) is 5.91. The molecule has 1 aromatic carbocycles. The molecule has 1 saturated carbocycles. The van der Waals surface area contributed by atoms with E-state index in [1.165, 1.54) is 0 Å². The first-order valence-corrected chi connectivity index (χ1v) is 8.97. The highest BCUT2D eigenvalue weighted by Crippen LogP contribution is 2.59. The molecule has 1 aromatic heterocycles. The highest BCUT2D eigenvalue weighted by atomic mass is 16.4. The molecule has 0 radical (unpaired) electrons. The molecule has 1 amide bonds. The molecule has 2 heterocycles. The molecule has 7 nitrogen and oxygen atoms in total. The molecular formula is C19H22N4O3. The Morgan fingerprint density at radius 1 is 1.23 bits per heavy atom. The van der Waals surface area contributed by atoms with Crippen molar-refractivity contribution in [3.05, 3.63) is 41.7 Å². The van der Waals surface area contributed by atoms with E-state index in [0.29, 0.717) is 18.8 Å². The fraction of sp³-hybridized carbons (Fsp3) is 0.474. The zero-order chi connectivity index (χ0) is 18.3. The Hall–Kier alpha value is -2.70. The van der Waals surface area contributed by atoms with E-state index in [9.17, 15) is 9.59 Å². The molecule has 2 fully saturated rings. The van der Waals surface area contributed by atoms with Crippen molar-refractivity contribution >= 4 is 11.9 Å². The Balaban J connectivity index is 1.39. The monoisotopic (exact) mass is 354 g/mol. The molecule has 2 aliphatic rings. The van der Waals surface area contributed by atoms with Gasteiger partial charge in [0, 0.05) is 13.1 Å². The predicted octanol–water partition coefficient (Wildman–Crippen LogP) is 1.83. The number of carbonyl (C=O) groups excluding carboxylic acids is 1. The van der Waals surface area contributed by atoms with Crippen molar-refractivity contribution in [1.82, 2.24) is 19.9 Å². The fourth-order valence-electron chi connectivity index (χ4n) is 4.04. The molecule has 1 saturated heterocycles. The molecule has 1 atom stereocenters. The third kappa shape index (κ3) is 2.87. The number of nitrogens with zero attached hydrogens (tertiary/aromatic N) is 4. The van der Waals surface area contributed by atoms with Crippen LogP contribution in [0.3, 0.4) is 0 Å². The number of rotatable bonds is 4. The predicted molar refractivity (Wildman–Crippen MR) is 93.8 cm³/mol. The van der Waals surface area contributed by atoms with Crippen LogP contribution in [0.4, 0.5) is 0 Å². The van der Waals surface area contributed by atoms with Crippen molar-refractivity contribution in [2.75, 3.05) is 13.1 Å². The summed E-state index contributed by atoms with van der Waals surface area (Å²) in [4.78, 5) is 25.6. The van der Waals surface area contributed by atoms with Gasteiger partial charge < -0.3 is 10.0 Å². The molecule has 1 aliphatic heterocycles. The largest absolute Gasteiger partial charge is 0.481 e. The first-order valence-electron chi connectivity index (χ1n) is 8.97. The zero-order valence-electron chi connectivity index (χ0n) is 14.8. The maximum Gasteiger partial charge on any atom is 0.307 e. The van der Waals surface area contributed by atoms with Crippen LogP contribution in [0.1, 0.15) is 30.7 Å². The number of hydrogen-bond donors (Lipinski definition) is 1. The molecule has 4 rings (SSSR count). The van der Waals surface area contributed by atoms with Crippen molar-refractivity contribution in [3.8, 4) is 5.69 Å². The summed E-state index contributed by atoms with van der Waals surface area (Å²) in [5.41, 5.74) is 2.42. The molecule has 26 heavy (non-hydrogen) atoms. The minimum Gasteiger partial charge on any atom is -0.481 e. The summed E-state index contributed by atoms with van der Waals surface area (Å²) in [6.45, 7) is 3.19. The number of amides is 1. The first-order chi connectivity index (χ1) is 12.5. The van der Waals surface area contributed by atoms with Crippen molar-refractivity contribution < 1.29 is 14.7 Å². The summed E-state index contributed by atoms with van der Waals surface area (Å²) in [6, 6.07) is 9.72. The summed E-state index contributed by atoms with van der Waals surface area (Å²) in [7, 11) is 0. The first kappa shape index (κ1) is 16.8. The van der Waals surface area contributed by atoms with Crippen molar-refractivity contribution in [2.45, 2.75) is 32.6 Å². The summed E-state index contributed by atoms with van der Waals surface area (Å²) >= 11 is 0. The normalized spacial score (nSPS) is 21.0. The lowest BCUT2D eigenvalue weighted by molar-refractivity contribution is -0.139. The van der Waals surface area contributed by atoms with Crippen LogP contribution in [0, 0.1) is 18.3 Å². The van der Waals surface area contributed by atoms with Gasteiger partial charge >= 0.3 is 5.97 Å². The van der Waals surface area contributed by atoms with E-state index in [1.807, 2.05) is 42.2 Å². The molecule has 7 heteroatoms. The van der Waals surface area contributed by atoms with Crippen LogP contribution < -0.4 is 0 Å². The lowest BCUT2D eigenvalue weighted by Gasteiger charge is -2.32. The van der Waals surface area contributed by atoms with E-state index in [0.717, 1.165) is 30.6 Å². The number of aliphatic carboxylic acids is 1. The van der Waals surface area contributed by atoms with Gasteiger partial charge in [-0.3, -0.25) is 9.59 Å². The van der Waals surface area contributed by atoms with Crippen LogP contribution >= 0.6 is 0 Å². The Morgan fingerprint density at radius 2 is 1.92 bits per heavy atom. The molecule has 1 spiro atoms. The average molecular weight is 354 g/mol. The van der Waals surface area contributed by atoms with Crippen molar-refractivity contribution in [3.63, 3.8) is 0 Å². The summed E-state index contributed by atoms with van der Waals surface area (Å²) in [6.07, 6.45) is 2.56. The second-order valence-corrected chi connectivity index (χ2v) is 7.38. The lowest BCUT2D eigenvalue weighted by atomic mass is 9.90. The summed E-state index contributed by atoms with van der Waals surface area (Å²) < 4.78 is 1.75. The number of para-hydroxylation sites is 1. The SMILES string of the molecule is Cc1c(CC(=O)N2CCC3(CC2)CC3C(=O)O)nnn1-c1ccccc1. The number of carboxylic acids is 1. The molecule has 136 valence electrons. The van der Waals surface area contributed by atoms with E-state index in [-0.39, 0.29) is 23.7 Å². The Kier molecular flexibility index (Phi) is 4.01. The van der Waals surface area contributed by atoms with Crippen LogP contribution in [0.15, 0.2) is 30.3 Å². The summed E-state index contributed by atoms with van der Waals surface area (Å²) in [5, 5.41) is 17.5. The Bertz CT molecular complexity index is 838. The van der Waals surface area contributed by atoms with Gasteiger partial charge in [-0.25, -0.2) is 4.68 Å². The maximum atomic E-state index is 12.6. The molecular weight excluding hydrogens is 332 g/mol. The highest BCUT2D eigenvalue weighted by molar-refractivity contribution is 5.79. The van der Waals surface area contributed by atoms with Gasteiger partial charge in [0.25, 0.3) is 0 Å². The second kappa shape index (κ2) is 6.23. The number of hydrogen-bond acceptors (Lipinski definition) is 4. The maximum absolute atomic E-state index is 12.6. The number of piperidine rings is 1. The fourth-order valence-corrected chi connectivity index (χ4v) is 4.04. The van der Waals surface area contributed by atoms with Crippen LogP contribution in [-0.4, -0.2) is 50.0 Å². The van der Waals surface area contributed by atoms with Crippen LogP contribution in [-0.2, 0) is 16.0 Å². The standard InChI is InChI=1S/C19H22N4O3/c1-13-16(20-21-23(13)14-5-3-2-4-6-14)11-17(24)22-9-7-19(8-10-22)12-15(19)18(25)26/h2-6,15H,7-12H2,1H3,(H,25,26). The number of aromatic nitrogens is 3. The van der Waals surface area contributed by atoms with Gasteiger partial charge in [-0.1, -0.05) is 23.4 Å². The van der Waals surface area contributed by atoms with E-state index in [2.05, 4.69) is 10.3 Å². The van der Waals surface area contributed by atoms with Gasteiger partial charge in [0.1, 0.15) is 0 Å². The van der Waals surface area contributed by atoms with Gasteiger partial charge in [-0.2, -0.15) is 0 Å². The highest BCUT2D eigenvalue weighted by Gasteiger charge is 2.59. The van der Waals surface area contributed by atoms with Crippen LogP contribution in [0.25, 0.3) is 5.69 Å². The average Bonchev–Trinajstić information content (AvgIpc) is 3.24. The number of likely N-dealkylation sites (tertiary alicyclic amines) is 1. The molecule has 0 bridgehead atoms. The van der Waals surface area contributed by atoms with E-state index >= 15 is 0 Å². The molecule has 1 N–H and O–H groups in total. The van der Waals surface area contributed by atoms with Gasteiger partial charge in [-0.15, -0.1) is 5.10 Å². The minimum atomic E-state index is -0.696. The number of benzene rings is 1. The second-order valence-electron chi connectivity index (χ2n) is 7.38. The van der Waals surface area contributed by atoms with Gasteiger partial charge in [0.05, 0.1) is 29.4 Å². The third-order valence-corrected chi connectivity index (χ3v) is 5.91. The smallest absolute Gasteiger partial charge is 0.307 e. The Labute approximate surface area is 151 Å². The van der Waals surface area contributed by atoms with Crippen molar-refractivity contribution in [2.24, 2.45) is 11.3 Å².